The quantitative estimate of drug-likeness (QED) is 0.838. The molecule has 1 aliphatic rings. The summed E-state index contributed by atoms with van der Waals surface area (Å²) in [4.78, 5) is 15.1. The van der Waals surface area contributed by atoms with Gasteiger partial charge in [-0.25, -0.2) is 4.98 Å². The van der Waals surface area contributed by atoms with E-state index in [1.165, 1.54) is 6.20 Å². The molecule has 1 fully saturated rings. The predicted molar refractivity (Wildman–Crippen MR) is 66.2 cm³/mol. The Balaban J connectivity index is 1.94. The molecular weight excluding hydrogens is 232 g/mol. The van der Waals surface area contributed by atoms with E-state index in [9.17, 15) is 4.79 Å². The van der Waals surface area contributed by atoms with Gasteiger partial charge < -0.3 is 15.6 Å². The van der Waals surface area contributed by atoms with Gasteiger partial charge in [0.15, 0.2) is 0 Å². The maximum Gasteiger partial charge on any atom is 0.248 e. The minimum atomic E-state index is -0.480. The molecule has 5 heteroatoms. The van der Waals surface area contributed by atoms with Crippen LogP contribution in [0.1, 0.15) is 36.0 Å². The Bertz CT molecular complexity index is 414. The highest BCUT2D eigenvalue weighted by molar-refractivity contribution is 5.92. The number of rotatable bonds is 4. The zero-order valence-electron chi connectivity index (χ0n) is 10.2. The average Bonchev–Trinajstić information content (AvgIpc) is 2.40. The number of aliphatic hydroxyl groups excluding tert-OH is 1. The van der Waals surface area contributed by atoms with E-state index in [2.05, 4.69) is 4.98 Å². The van der Waals surface area contributed by atoms with Crippen molar-refractivity contribution in [1.82, 2.24) is 4.98 Å². The number of carbonyl (C=O) groups is 1. The summed E-state index contributed by atoms with van der Waals surface area (Å²) in [5.41, 5.74) is 5.61. The highest BCUT2D eigenvalue weighted by Gasteiger charge is 2.22. The molecule has 1 saturated carbocycles. The Labute approximate surface area is 106 Å². The molecule has 0 unspecified atom stereocenters. The first kappa shape index (κ1) is 12.8. The third kappa shape index (κ3) is 3.20. The van der Waals surface area contributed by atoms with Gasteiger partial charge in [0.1, 0.15) is 6.10 Å². The Morgan fingerprint density at radius 3 is 2.78 bits per heavy atom. The number of hydrogen-bond acceptors (Lipinski definition) is 4. The lowest BCUT2D eigenvalue weighted by molar-refractivity contribution is 0.0976. The van der Waals surface area contributed by atoms with Crippen LogP contribution in [0.2, 0.25) is 0 Å². The van der Waals surface area contributed by atoms with Gasteiger partial charge >= 0.3 is 0 Å². The van der Waals surface area contributed by atoms with E-state index >= 15 is 0 Å². The Kier molecular flexibility index (Phi) is 4.15. The number of pyridine rings is 1. The third-order valence-electron chi connectivity index (χ3n) is 3.36. The number of nitrogens with two attached hydrogens (primary N) is 1. The maximum atomic E-state index is 11.0. The molecule has 98 valence electrons. The molecule has 2 rings (SSSR count). The summed E-state index contributed by atoms with van der Waals surface area (Å²) in [6.45, 7) is 0.252. The zero-order valence-corrected chi connectivity index (χ0v) is 10.2. The average molecular weight is 250 g/mol. The van der Waals surface area contributed by atoms with Crippen LogP contribution in [0.4, 0.5) is 0 Å². The van der Waals surface area contributed by atoms with Crippen molar-refractivity contribution in [2.45, 2.75) is 31.8 Å². The number of nitrogens with zero attached hydrogens (tertiary/aromatic N) is 1. The van der Waals surface area contributed by atoms with Crippen molar-refractivity contribution < 1.29 is 14.6 Å². The first-order valence-corrected chi connectivity index (χ1v) is 6.22. The summed E-state index contributed by atoms with van der Waals surface area (Å²) in [5, 5.41) is 9.06. The molecule has 1 aliphatic carbocycles. The summed E-state index contributed by atoms with van der Waals surface area (Å²) in [6, 6.07) is 3.14. The highest BCUT2D eigenvalue weighted by atomic mass is 16.5. The first-order valence-electron chi connectivity index (χ1n) is 6.22. The maximum absolute atomic E-state index is 11.0. The molecule has 0 bridgehead atoms. The minimum absolute atomic E-state index is 0.114. The van der Waals surface area contributed by atoms with Crippen LogP contribution < -0.4 is 10.5 Å². The van der Waals surface area contributed by atoms with Gasteiger partial charge in [-0.1, -0.05) is 0 Å². The van der Waals surface area contributed by atoms with Gasteiger partial charge in [0.25, 0.3) is 0 Å². The fourth-order valence-electron chi connectivity index (χ4n) is 2.23. The summed E-state index contributed by atoms with van der Waals surface area (Å²) >= 11 is 0. The number of carbonyl (C=O) groups excluding carboxylic acids is 1. The van der Waals surface area contributed by atoms with Crippen LogP contribution in [-0.2, 0) is 0 Å². The molecule has 1 heterocycles. The largest absolute Gasteiger partial charge is 0.474 e. The smallest absolute Gasteiger partial charge is 0.248 e. The second kappa shape index (κ2) is 5.82. The van der Waals surface area contributed by atoms with Crippen molar-refractivity contribution in [1.29, 1.82) is 0 Å². The van der Waals surface area contributed by atoms with Gasteiger partial charge in [-0.15, -0.1) is 0 Å². The van der Waals surface area contributed by atoms with Crippen molar-refractivity contribution in [2.75, 3.05) is 6.61 Å². The second-order valence-electron chi connectivity index (χ2n) is 4.69. The Morgan fingerprint density at radius 2 is 2.17 bits per heavy atom. The third-order valence-corrected chi connectivity index (χ3v) is 3.36. The fourth-order valence-corrected chi connectivity index (χ4v) is 2.23. The van der Waals surface area contributed by atoms with Gasteiger partial charge in [-0.2, -0.15) is 0 Å². The van der Waals surface area contributed by atoms with Crippen LogP contribution in [0.5, 0.6) is 5.88 Å². The lowest BCUT2D eigenvalue weighted by atomic mass is 9.88. The summed E-state index contributed by atoms with van der Waals surface area (Å²) in [5.74, 6) is 0.361. The molecule has 0 aliphatic heterocycles. The molecule has 1 aromatic rings. The lowest BCUT2D eigenvalue weighted by Gasteiger charge is -2.27. The summed E-state index contributed by atoms with van der Waals surface area (Å²) in [6.07, 6.45) is 5.40. The van der Waals surface area contributed by atoms with Gasteiger partial charge in [0.2, 0.25) is 11.8 Å². The van der Waals surface area contributed by atoms with E-state index in [-0.39, 0.29) is 12.7 Å². The number of amides is 1. The van der Waals surface area contributed by atoms with E-state index < -0.39 is 5.91 Å². The highest BCUT2D eigenvalue weighted by Crippen LogP contribution is 2.26. The molecule has 0 saturated heterocycles. The number of hydrogen-bond donors (Lipinski definition) is 2. The number of primary amides is 1. The number of ether oxygens (including phenoxy) is 1. The van der Waals surface area contributed by atoms with Gasteiger partial charge in [-0.05, 0) is 37.7 Å². The molecule has 0 spiro atoms. The molecule has 1 amide bonds. The molecule has 5 nitrogen and oxygen atoms in total. The summed E-state index contributed by atoms with van der Waals surface area (Å²) in [7, 11) is 0. The van der Waals surface area contributed by atoms with Gasteiger partial charge in [-0.3, -0.25) is 4.79 Å². The fraction of sp³-hybridized carbons (Fsp3) is 0.538. The van der Waals surface area contributed by atoms with Crippen LogP contribution in [-0.4, -0.2) is 28.7 Å². The van der Waals surface area contributed by atoms with Crippen LogP contribution >= 0.6 is 0 Å². The first-order chi connectivity index (χ1) is 8.69. The van der Waals surface area contributed by atoms with Crippen molar-refractivity contribution in [3.8, 4) is 5.88 Å². The monoisotopic (exact) mass is 250 g/mol. The summed E-state index contributed by atoms with van der Waals surface area (Å²) < 4.78 is 5.74. The van der Waals surface area contributed by atoms with Crippen molar-refractivity contribution in [3.05, 3.63) is 23.9 Å². The molecule has 0 radical (unpaired) electrons. The van der Waals surface area contributed by atoms with E-state index in [1.807, 2.05) is 0 Å². The molecule has 18 heavy (non-hydrogen) atoms. The van der Waals surface area contributed by atoms with Crippen LogP contribution in [0.15, 0.2) is 18.3 Å². The van der Waals surface area contributed by atoms with E-state index in [1.54, 1.807) is 12.1 Å². The number of aromatic nitrogens is 1. The van der Waals surface area contributed by atoms with Crippen LogP contribution in [0.25, 0.3) is 0 Å². The van der Waals surface area contributed by atoms with E-state index in [4.69, 9.17) is 15.6 Å². The van der Waals surface area contributed by atoms with E-state index in [0.29, 0.717) is 17.4 Å². The molecular formula is C13H18N2O3. The van der Waals surface area contributed by atoms with Crippen LogP contribution in [0, 0.1) is 5.92 Å². The Morgan fingerprint density at radius 1 is 1.44 bits per heavy atom. The molecule has 0 atom stereocenters. The standard InChI is InChI=1S/C13H18N2O3/c14-13(17)10-5-6-15-12(7-10)18-11-3-1-9(8-16)2-4-11/h5-7,9,11,16H,1-4,8H2,(H2,14,17). The van der Waals surface area contributed by atoms with E-state index in [0.717, 1.165) is 25.7 Å². The van der Waals surface area contributed by atoms with Crippen molar-refractivity contribution >= 4 is 5.91 Å². The lowest BCUT2D eigenvalue weighted by Crippen LogP contribution is -2.26. The van der Waals surface area contributed by atoms with Crippen molar-refractivity contribution in [2.24, 2.45) is 11.7 Å². The normalized spacial score (nSPS) is 23.6. The van der Waals surface area contributed by atoms with Crippen molar-refractivity contribution in [3.63, 3.8) is 0 Å². The molecule has 3 N–H and O–H groups in total. The topological polar surface area (TPSA) is 85.4 Å². The number of aliphatic hydroxyl groups is 1. The Hall–Kier alpha value is -1.62. The van der Waals surface area contributed by atoms with Crippen LogP contribution in [0.3, 0.4) is 0 Å². The molecule has 0 aromatic carbocycles. The molecule has 1 aromatic heterocycles. The van der Waals surface area contributed by atoms with Gasteiger partial charge in [0, 0.05) is 24.4 Å². The SMILES string of the molecule is NC(=O)c1ccnc(OC2CCC(CO)CC2)c1. The minimum Gasteiger partial charge on any atom is -0.474 e. The van der Waals surface area contributed by atoms with Gasteiger partial charge in [0.05, 0.1) is 0 Å². The second-order valence-corrected chi connectivity index (χ2v) is 4.69. The predicted octanol–water partition coefficient (Wildman–Crippen LogP) is 1.11. The zero-order chi connectivity index (χ0) is 13.0.